The molecule has 1 aliphatic rings. The third-order valence-electron chi connectivity index (χ3n) is 2.55. The summed E-state index contributed by atoms with van der Waals surface area (Å²) in [6.45, 7) is 7.52. The van der Waals surface area contributed by atoms with Gasteiger partial charge in [-0.2, -0.15) is 0 Å². The summed E-state index contributed by atoms with van der Waals surface area (Å²) in [6, 6.07) is 0. The van der Waals surface area contributed by atoms with Gasteiger partial charge in [-0.15, -0.1) is 0 Å². The highest BCUT2D eigenvalue weighted by Crippen LogP contribution is 2.34. The standard InChI is InChI=1S/C12H17NO4/c1-5-16-10(14)8-7-13-9(12(8,3)4)11(15)17-6-2/h7H,5-6H2,1-4H3. The summed E-state index contributed by atoms with van der Waals surface area (Å²) in [7, 11) is 0. The van der Waals surface area contributed by atoms with Crippen molar-refractivity contribution in [3.63, 3.8) is 0 Å². The van der Waals surface area contributed by atoms with Gasteiger partial charge in [-0.3, -0.25) is 4.99 Å². The fourth-order valence-electron chi connectivity index (χ4n) is 1.60. The molecule has 17 heavy (non-hydrogen) atoms. The molecule has 1 aliphatic heterocycles. The lowest BCUT2D eigenvalue weighted by Crippen LogP contribution is -2.34. The van der Waals surface area contributed by atoms with Gasteiger partial charge in [-0.1, -0.05) is 0 Å². The summed E-state index contributed by atoms with van der Waals surface area (Å²) >= 11 is 0. The summed E-state index contributed by atoms with van der Waals surface area (Å²) in [6.07, 6.45) is 1.38. The van der Waals surface area contributed by atoms with Crippen LogP contribution in [0.15, 0.2) is 16.8 Å². The monoisotopic (exact) mass is 239 g/mol. The van der Waals surface area contributed by atoms with Crippen molar-refractivity contribution in [3.8, 4) is 0 Å². The molecule has 1 rings (SSSR count). The SMILES string of the molecule is CCOC(=O)C1=CN=C(C(=O)OCC)C1(C)C. The Bertz CT molecular complexity index is 357. The molecule has 0 aromatic heterocycles. The molecular formula is C12H17NO4. The Hall–Kier alpha value is -1.65. The largest absolute Gasteiger partial charge is 0.463 e. The van der Waals surface area contributed by atoms with Crippen LogP contribution < -0.4 is 0 Å². The summed E-state index contributed by atoms with van der Waals surface area (Å²) < 4.78 is 9.81. The highest BCUT2D eigenvalue weighted by molar-refractivity contribution is 6.41. The third-order valence-corrected chi connectivity index (χ3v) is 2.55. The molecule has 5 nitrogen and oxygen atoms in total. The zero-order valence-electron chi connectivity index (χ0n) is 10.6. The molecule has 0 fully saturated rings. The van der Waals surface area contributed by atoms with Crippen molar-refractivity contribution in [1.82, 2.24) is 0 Å². The molecule has 0 N–H and O–H groups in total. The van der Waals surface area contributed by atoms with Crippen LogP contribution in [0, 0.1) is 5.41 Å². The van der Waals surface area contributed by atoms with Crippen LogP contribution in [0.2, 0.25) is 0 Å². The molecule has 0 atom stereocenters. The lowest BCUT2D eigenvalue weighted by molar-refractivity contribution is -0.139. The normalized spacial score (nSPS) is 17.2. The molecule has 0 unspecified atom stereocenters. The van der Waals surface area contributed by atoms with Crippen LogP contribution in [-0.4, -0.2) is 30.9 Å². The number of ether oxygens (including phenoxy) is 2. The smallest absolute Gasteiger partial charge is 0.353 e. The number of nitrogens with zero attached hydrogens (tertiary/aromatic N) is 1. The van der Waals surface area contributed by atoms with Gasteiger partial charge < -0.3 is 9.47 Å². The van der Waals surface area contributed by atoms with Crippen LogP contribution in [0.25, 0.3) is 0 Å². The Morgan fingerprint density at radius 3 is 2.24 bits per heavy atom. The molecule has 0 amide bonds. The van der Waals surface area contributed by atoms with E-state index >= 15 is 0 Å². The van der Waals surface area contributed by atoms with E-state index in [2.05, 4.69) is 4.99 Å². The van der Waals surface area contributed by atoms with E-state index in [0.717, 1.165) is 0 Å². The van der Waals surface area contributed by atoms with Gasteiger partial charge in [0.05, 0.1) is 18.8 Å². The molecule has 0 aromatic carbocycles. The van der Waals surface area contributed by atoms with E-state index < -0.39 is 17.4 Å². The van der Waals surface area contributed by atoms with Crippen molar-refractivity contribution >= 4 is 17.7 Å². The molecule has 0 spiro atoms. The average Bonchev–Trinajstić information content (AvgIpc) is 2.54. The molecule has 0 saturated carbocycles. The van der Waals surface area contributed by atoms with Crippen molar-refractivity contribution in [2.75, 3.05) is 13.2 Å². The first kappa shape index (κ1) is 13.4. The second-order valence-electron chi connectivity index (χ2n) is 4.09. The predicted molar refractivity (Wildman–Crippen MR) is 62.6 cm³/mol. The maximum atomic E-state index is 11.7. The second kappa shape index (κ2) is 5.12. The molecule has 5 heteroatoms. The fourth-order valence-corrected chi connectivity index (χ4v) is 1.60. The number of hydrogen-bond acceptors (Lipinski definition) is 5. The lowest BCUT2D eigenvalue weighted by atomic mass is 9.81. The molecule has 0 aromatic rings. The van der Waals surface area contributed by atoms with Crippen LogP contribution in [0.4, 0.5) is 0 Å². The van der Waals surface area contributed by atoms with Crippen LogP contribution in [0.3, 0.4) is 0 Å². The van der Waals surface area contributed by atoms with Gasteiger partial charge in [-0.25, -0.2) is 9.59 Å². The molecule has 0 saturated heterocycles. The Morgan fingerprint density at radius 2 is 1.71 bits per heavy atom. The van der Waals surface area contributed by atoms with Crippen LogP contribution in [0.1, 0.15) is 27.7 Å². The van der Waals surface area contributed by atoms with Gasteiger partial charge in [0.2, 0.25) is 0 Å². The Morgan fingerprint density at radius 1 is 1.18 bits per heavy atom. The van der Waals surface area contributed by atoms with Gasteiger partial charge >= 0.3 is 11.9 Å². The Balaban J connectivity index is 2.86. The van der Waals surface area contributed by atoms with Crippen molar-refractivity contribution in [2.24, 2.45) is 10.4 Å². The van der Waals surface area contributed by atoms with Gasteiger partial charge in [0.15, 0.2) is 0 Å². The highest BCUT2D eigenvalue weighted by atomic mass is 16.5. The quantitative estimate of drug-likeness (QED) is 0.697. The van der Waals surface area contributed by atoms with E-state index in [1.165, 1.54) is 6.20 Å². The van der Waals surface area contributed by atoms with E-state index in [4.69, 9.17) is 9.47 Å². The third kappa shape index (κ3) is 2.54. The van der Waals surface area contributed by atoms with E-state index in [1.807, 2.05) is 0 Å². The minimum atomic E-state index is -0.765. The Kier molecular flexibility index (Phi) is 4.04. The van der Waals surface area contributed by atoms with Gasteiger partial charge in [-0.05, 0) is 27.7 Å². The van der Waals surface area contributed by atoms with E-state index in [9.17, 15) is 9.59 Å². The first-order valence-corrected chi connectivity index (χ1v) is 5.58. The van der Waals surface area contributed by atoms with Crippen molar-refractivity contribution < 1.29 is 19.1 Å². The first-order chi connectivity index (χ1) is 7.95. The summed E-state index contributed by atoms with van der Waals surface area (Å²) in [5, 5.41) is 0. The van der Waals surface area contributed by atoms with Crippen LogP contribution in [0.5, 0.6) is 0 Å². The summed E-state index contributed by atoms with van der Waals surface area (Å²) in [4.78, 5) is 27.3. The highest BCUT2D eigenvalue weighted by Gasteiger charge is 2.42. The summed E-state index contributed by atoms with van der Waals surface area (Å²) in [5.74, 6) is -0.936. The number of rotatable bonds is 4. The molecule has 1 heterocycles. The van der Waals surface area contributed by atoms with Gasteiger partial charge in [0.1, 0.15) is 5.71 Å². The fraction of sp³-hybridized carbons (Fsp3) is 0.583. The number of carbonyl (C=O) groups excluding carboxylic acids is 2. The zero-order valence-corrected chi connectivity index (χ0v) is 10.6. The lowest BCUT2D eigenvalue weighted by Gasteiger charge is -2.22. The van der Waals surface area contributed by atoms with E-state index in [-0.39, 0.29) is 12.3 Å². The van der Waals surface area contributed by atoms with E-state index in [0.29, 0.717) is 12.2 Å². The maximum Gasteiger partial charge on any atom is 0.353 e. The number of carbonyl (C=O) groups is 2. The van der Waals surface area contributed by atoms with Crippen LogP contribution in [-0.2, 0) is 19.1 Å². The number of hydrogen-bond donors (Lipinski definition) is 0. The minimum absolute atomic E-state index is 0.238. The molecular weight excluding hydrogens is 222 g/mol. The zero-order chi connectivity index (χ0) is 13.1. The summed E-state index contributed by atoms with van der Waals surface area (Å²) in [5.41, 5.74) is -0.150. The van der Waals surface area contributed by atoms with Crippen molar-refractivity contribution in [1.29, 1.82) is 0 Å². The van der Waals surface area contributed by atoms with Gasteiger partial charge in [0.25, 0.3) is 0 Å². The number of aliphatic imine (C=N–C) groups is 1. The minimum Gasteiger partial charge on any atom is -0.463 e. The van der Waals surface area contributed by atoms with Crippen LogP contribution >= 0.6 is 0 Å². The first-order valence-electron chi connectivity index (χ1n) is 5.58. The van der Waals surface area contributed by atoms with Gasteiger partial charge in [0, 0.05) is 11.6 Å². The Labute approximate surface area is 101 Å². The van der Waals surface area contributed by atoms with Crippen molar-refractivity contribution in [3.05, 3.63) is 11.8 Å². The molecule has 0 aliphatic carbocycles. The second-order valence-corrected chi connectivity index (χ2v) is 4.09. The predicted octanol–water partition coefficient (Wildman–Crippen LogP) is 1.48. The van der Waals surface area contributed by atoms with Crippen molar-refractivity contribution in [2.45, 2.75) is 27.7 Å². The molecule has 94 valence electrons. The average molecular weight is 239 g/mol. The topological polar surface area (TPSA) is 65.0 Å². The number of esters is 2. The maximum absolute atomic E-state index is 11.7. The van der Waals surface area contributed by atoms with E-state index in [1.54, 1.807) is 27.7 Å². The molecule has 0 bridgehead atoms. The molecule has 0 radical (unpaired) electrons.